The lowest BCUT2D eigenvalue weighted by Crippen LogP contribution is -2.15. The number of hydrogen-bond donors (Lipinski definition) is 1. The molecule has 9 heteroatoms. The minimum atomic E-state index is -4.46. The van der Waals surface area contributed by atoms with E-state index in [1.165, 1.54) is 37.8 Å². The molecule has 1 amide bonds. The summed E-state index contributed by atoms with van der Waals surface area (Å²) in [7, 11) is 0. The normalized spacial score (nSPS) is 13.9. The fraction of sp³-hybridized carbons (Fsp3) is 0.300. The van der Waals surface area contributed by atoms with Gasteiger partial charge in [-0.15, -0.1) is 0 Å². The third-order valence-electron chi connectivity index (χ3n) is 6.98. The quantitative estimate of drug-likeness (QED) is 0.264. The van der Waals surface area contributed by atoms with E-state index in [-0.39, 0.29) is 12.0 Å². The van der Waals surface area contributed by atoms with Crippen molar-refractivity contribution in [2.45, 2.75) is 45.2 Å². The molecule has 1 fully saturated rings. The monoisotopic (exact) mass is 534 g/mol. The lowest BCUT2D eigenvalue weighted by molar-refractivity contribution is -0.137. The summed E-state index contributed by atoms with van der Waals surface area (Å²) in [5.74, 6) is 0.941. The molecular weight excluding hydrogens is 505 g/mol. The summed E-state index contributed by atoms with van der Waals surface area (Å²) in [4.78, 5) is 16.9. The summed E-state index contributed by atoms with van der Waals surface area (Å²) < 4.78 is 46.9. The summed E-state index contributed by atoms with van der Waals surface area (Å²) in [6.07, 6.45) is 7.39. The maximum absolute atomic E-state index is 13.0. The smallest absolute Gasteiger partial charge is 0.416 e. The van der Waals surface area contributed by atoms with Crippen molar-refractivity contribution in [3.8, 4) is 22.6 Å². The second-order valence-corrected chi connectivity index (χ2v) is 9.93. The van der Waals surface area contributed by atoms with Crippen LogP contribution in [0.5, 0.6) is 5.75 Å². The molecule has 0 bridgehead atoms. The highest BCUT2D eigenvalue weighted by Crippen LogP contribution is 2.32. The van der Waals surface area contributed by atoms with E-state index in [0.717, 1.165) is 40.3 Å². The van der Waals surface area contributed by atoms with Gasteiger partial charge in [0.1, 0.15) is 5.75 Å². The van der Waals surface area contributed by atoms with Gasteiger partial charge in [0.2, 0.25) is 5.91 Å². The number of benzene rings is 2. The van der Waals surface area contributed by atoms with Crippen molar-refractivity contribution in [1.29, 1.82) is 0 Å². The highest BCUT2D eigenvalue weighted by Gasteiger charge is 2.30. The second kappa shape index (κ2) is 11.3. The Hall–Kier alpha value is -4.14. The Balaban J connectivity index is 1.30. The molecule has 2 heterocycles. The lowest BCUT2D eigenvalue weighted by atomic mass is 10.1. The topological polar surface area (TPSA) is 69.0 Å². The standard InChI is InChI=1S/C30H29F3N4O2/c1-20-9-10-25(36-29(38)14-22-7-4-8-24(13-22)30(31,32)33)15-27(20)37-18-23(16-35-37)26-17-34-12-11-28(26)39-19-21-5-2-3-6-21/h4,7-13,15-18,21H,2-3,5-6,14,19H2,1H3,(H,36,38). The van der Waals surface area contributed by atoms with Gasteiger partial charge in [0.15, 0.2) is 0 Å². The molecule has 2 aromatic carbocycles. The van der Waals surface area contributed by atoms with E-state index in [1.807, 2.05) is 25.3 Å². The Labute approximate surface area is 224 Å². The molecule has 6 nitrogen and oxygen atoms in total. The van der Waals surface area contributed by atoms with Crippen molar-refractivity contribution in [1.82, 2.24) is 14.8 Å². The number of carbonyl (C=O) groups excluding carboxylic acids is 1. The molecule has 2 aromatic heterocycles. The predicted molar refractivity (Wildman–Crippen MR) is 143 cm³/mol. The predicted octanol–water partition coefficient (Wildman–Crippen LogP) is 7.01. The van der Waals surface area contributed by atoms with Crippen LogP contribution in [0.2, 0.25) is 0 Å². The van der Waals surface area contributed by atoms with E-state index in [2.05, 4.69) is 15.4 Å². The average Bonchev–Trinajstić information content (AvgIpc) is 3.61. The van der Waals surface area contributed by atoms with Crippen LogP contribution in [0.3, 0.4) is 0 Å². The van der Waals surface area contributed by atoms with Gasteiger partial charge in [-0.05, 0) is 61.1 Å². The first-order valence-corrected chi connectivity index (χ1v) is 12.9. The summed E-state index contributed by atoms with van der Waals surface area (Å²) >= 11 is 0. The van der Waals surface area contributed by atoms with Gasteiger partial charge in [-0.1, -0.05) is 37.1 Å². The van der Waals surface area contributed by atoms with Crippen molar-refractivity contribution < 1.29 is 22.7 Å². The van der Waals surface area contributed by atoms with E-state index < -0.39 is 17.6 Å². The first-order chi connectivity index (χ1) is 18.8. The number of nitrogens with zero attached hydrogens (tertiary/aromatic N) is 3. The number of ether oxygens (including phenoxy) is 1. The van der Waals surface area contributed by atoms with Crippen molar-refractivity contribution in [2.75, 3.05) is 11.9 Å². The number of nitrogens with one attached hydrogen (secondary N) is 1. The van der Waals surface area contributed by atoms with E-state index in [0.29, 0.717) is 18.2 Å². The van der Waals surface area contributed by atoms with Crippen molar-refractivity contribution >= 4 is 11.6 Å². The van der Waals surface area contributed by atoms with Gasteiger partial charge >= 0.3 is 6.18 Å². The molecule has 1 saturated carbocycles. The third kappa shape index (κ3) is 6.47. The number of carbonyl (C=O) groups is 1. The molecule has 0 radical (unpaired) electrons. The largest absolute Gasteiger partial charge is 0.493 e. The fourth-order valence-corrected chi connectivity index (χ4v) is 4.88. The number of hydrogen-bond acceptors (Lipinski definition) is 4. The van der Waals surface area contributed by atoms with Crippen LogP contribution in [0.15, 0.2) is 73.3 Å². The molecule has 202 valence electrons. The zero-order valence-electron chi connectivity index (χ0n) is 21.5. The number of aromatic nitrogens is 3. The van der Waals surface area contributed by atoms with Gasteiger partial charge in [-0.2, -0.15) is 18.3 Å². The van der Waals surface area contributed by atoms with Crippen LogP contribution in [0.4, 0.5) is 18.9 Å². The number of halogens is 3. The van der Waals surface area contributed by atoms with E-state index >= 15 is 0 Å². The summed E-state index contributed by atoms with van der Waals surface area (Å²) in [6.45, 7) is 2.62. The minimum absolute atomic E-state index is 0.177. The van der Waals surface area contributed by atoms with Crippen LogP contribution >= 0.6 is 0 Å². The molecule has 5 rings (SSSR count). The first-order valence-electron chi connectivity index (χ1n) is 12.9. The van der Waals surface area contributed by atoms with Gasteiger partial charge in [0, 0.05) is 35.4 Å². The van der Waals surface area contributed by atoms with Crippen molar-refractivity contribution in [3.63, 3.8) is 0 Å². The molecule has 0 atom stereocenters. The maximum atomic E-state index is 13.0. The Morgan fingerprint density at radius 1 is 1.10 bits per heavy atom. The summed E-state index contributed by atoms with van der Waals surface area (Å²) in [5.41, 5.74) is 3.42. The van der Waals surface area contributed by atoms with Crippen LogP contribution in [-0.4, -0.2) is 27.3 Å². The number of rotatable bonds is 8. The molecule has 1 aliphatic carbocycles. The van der Waals surface area contributed by atoms with Crippen LogP contribution in [-0.2, 0) is 17.4 Å². The van der Waals surface area contributed by atoms with Crippen LogP contribution in [0, 0.1) is 12.8 Å². The Morgan fingerprint density at radius 3 is 2.72 bits per heavy atom. The number of pyridine rings is 1. The summed E-state index contributed by atoms with van der Waals surface area (Å²) in [5, 5.41) is 7.32. The third-order valence-corrected chi connectivity index (χ3v) is 6.98. The fourth-order valence-electron chi connectivity index (χ4n) is 4.88. The molecule has 1 N–H and O–H groups in total. The molecule has 0 spiro atoms. The zero-order valence-corrected chi connectivity index (χ0v) is 21.5. The Bertz CT molecular complexity index is 1460. The van der Waals surface area contributed by atoms with Crippen molar-refractivity contribution in [3.05, 3.63) is 90.0 Å². The van der Waals surface area contributed by atoms with Gasteiger partial charge in [-0.25, -0.2) is 4.68 Å². The van der Waals surface area contributed by atoms with Gasteiger partial charge in [0.25, 0.3) is 0 Å². The maximum Gasteiger partial charge on any atom is 0.416 e. The van der Waals surface area contributed by atoms with Crippen LogP contribution in [0.25, 0.3) is 16.8 Å². The van der Waals surface area contributed by atoms with Crippen LogP contribution < -0.4 is 10.1 Å². The molecule has 4 aromatic rings. The van der Waals surface area contributed by atoms with Gasteiger partial charge in [-0.3, -0.25) is 9.78 Å². The summed E-state index contributed by atoms with van der Waals surface area (Å²) in [6, 6.07) is 12.1. The van der Waals surface area contributed by atoms with Crippen LogP contribution in [0.1, 0.15) is 42.4 Å². The first kappa shape index (κ1) is 26.5. The molecular formula is C30H29F3N4O2. The highest BCUT2D eigenvalue weighted by atomic mass is 19.4. The number of aryl methyl sites for hydroxylation is 1. The highest BCUT2D eigenvalue weighted by molar-refractivity contribution is 5.92. The minimum Gasteiger partial charge on any atom is -0.493 e. The average molecular weight is 535 g/mol. The molecule has 0 aliphatic heterocycles. The van der Waals surface area contributed by atoms with Gasteiger partial charge in [0.05, 0.1) is 30.5 Å². The molecule has 0 unspecified atom stereocenters. The second-order valence-electron chi connectivity index (χ2n) is 9.93. The molecule has 1 aliphatic rings. The Morgan fingerprint density at radius 2 is 1.92 bits per heavy atom. The lowest BCUT2D eigenvalue weighted by Gasteiger charge is -2.13. The number of amides is 1. The van der Waals surface area contributed by atoms with Crippen molar-refractivity contribution in [2.24, 2.45) is 5.92 Å². The van der Waals surface area contributed by atoms with E-state index in [9.17, 15) is 18.0 Å². The number of alkyl halides is 3. The van der Waals surface area contributed by atoms with E-state index in [1.54, 1.807) is 35.4 Å². The SMILES string of the molecule is Cc1ccc(NC(=O)Cc2cccc(C(F)(F)F)c2)cc1-n1cc(-c2cnccc2OCC2CCCC2)cn1. The molecule has 0 saturated heterocycles. The number of anilines is 1. The van der Waals surface area contributed by atoms with Gasteiger partial charge < -0.3 is 10.1 Å². The van der Waals surface area contributed by atoms with E-state index in [4.69, 9.17) is 4.74 Å². The Kier molecular flexibility index (Phi) is 7.67. The zero-order chi connectivity index (χ0) is 27.4. The molecule has 39 heavy (non-hydrogen) atoms.